The standard InChI is InChI=1S/C5H10O2.C4H8O2/c1-2-3-4-5(6)7;1-3(5)4(2)6/h2-4H2,1H3,(H,6,7);3,5H,1-2H3. The molecule has 0 spiro atoms. The summed E-state index contributed by atoms with van der Waals surface area (Å²) in [5.74, 6) is -0.878. The van der Waals surface area contributed by atoms with Crippen LogP contribution in [-0.2, 0) is 9.59 Å². The fourth-order valence-electron chi connectivity index (χ4n) is 0.328. The Bertz CT molecular complexity index is 152. The number of carboxylic acid groups (broad SMARTS) is 1. The molecule has 0 saturated heterocycles. The van der Waals surface area contributed by atoms with Gasteiger partial charge in [0.05, 0.1) is 0 Å². The van der Waals surface area contributed by atoms with Crippen LogP contribution in [-0.4, -0.2) is 28.1 Å². The number of hydrogen-bond acceptors (Lipinski definition) is 3. The van der Waals surface area contributed by atoms with Crippen LogP contribution in [0, 0.1) is 0 Å². The van der Waals surface area contributed by atoms with Gasteiger partial charge >= 0.3 is 5.97 Å². The summed E-state index contributed by atoms with van der Waals surface area (Å²) in [5.41, 5.74) is 0. The van der Waals surface area contributed by atoms with E-state index >= 15 is 0 Å². The van der Waals surface area contributed by atoms with Gasteiger partial charge in [0.15, 0.2) is 5.78 Å². The van der Waals surface area contributed by atoms with Crippen LogP contribution in [0.5, 0.6) is 0 Å². The van der Waals surface area contributed by atoms with E-state index in [4.69, 9.17) is 10.2 Å². The molecule has 1 unspecified atom stereocenters. The number of aliphatic hydroxyl groups is 1. The molecular weight excluding hydrogens is 172 g/mol. The van der Waals surface area contributed by atoms with Crippen LogP contribution < -0.4 is 0 Å². The number of Topliss-reactive ketones (excluding diaryl/α,β-unsaturated/α-hetero) is 1. The fraction of sp³-hybridized carbons (Fsp3) is 0.778. The first-order valence-electron chi connectivity index (χ1n) is 4.32. The SMILES string of the molecule is CC(=O)C(C)O.CCCCC(=O)O. The van der Waals surface area contributed by atoms with E-state index in [0.29, 0.717) is 6.42 Å². The van der Waals surface area contributed by atoms with Gasteiger partial charge in [-0.15, -0.1) is 0 Å². The van der Waals surface area contributed by atoms with E-state index in [1.54, 1.807) is 0 Å². The van der Waals surface area contributed by atoms with Crippen LogP contribution in [0.25, 0.3) is 0 Å². The molecule has 1 atom stereocenters. The average molecular weight is 190 g/mol. The Labute approximate surface area is 78.6 Å². The maximum Gasteiger partial charge on any atom is 0.303 e. The molecule has 0 radical (unpaired) electrons. The number of carbonyl (C=O) groups excluding carboxylic acids is 1. The Morgan fingerprint density at radius 3 is 1.85 bits per heavy atom. The highest BCUT2D eigenvalue weighted by atomic mass is 16.4. The van der Waals surface area contributed by atoms with Crippen molar-refractivity contribution in [1.82, 2.24) is 0 Å². The predicted octanol–water partition coefficient (Wildman–Crippen LogP) is 1.22. The first kappa shape index (κ1) is 14.6. The molecule has 0 amide bonds. The van der Waals surface area contributed by atoms with Gasteiger partial charge in [0.2, 0.25) is 0 Å². The monoisotopic (exact) mass is 190 g/mol. The van der Waals surface area contributed by atoms with Crippen molar-refractivity contribution in [3.63, 3.8) is 0 Å². The molecule has 0 aromatic carbocycles. The van der Waals surface area contributed by atoms with Gasteiger partial charge < -0.3 is 10.2 Å². The van der Waals surface area contributed by atoms with Gasteiger partial charge in [-0.2, -0.15) is 0 Å². The molecule has 0 bridgehead atoms. The number of ketones is 1. The van der Waals surface area contributed by atoms with E-state index in [1.165, 1.54) is 13.8 Å². The van der Waals surface area contributed by atoms with Gasteiger partial charge in [-0.1, -0.05) is 13.3 Å². The van der Waals surface area contributed by atoms with Crippen molar-refractivity contribution < 1.29 is 19.8 Å². The zero-order valence-corrected chi connectivity index (χ0v) is 8.41. The minimum Gasteiger partial charge on any atom is -0.481 e. The summed E-state index contributed by atoms with van der Waals surface area (Å²) in [5, 5.41) is 16.3. The van der Waals surface area contributed by atoms with E-state index in [2.05, 4.69) is 0 Å². The molecule has 13 heavy (non-hydrogen) atoms. The van der Waals surface area contributed by atoms with Gasteiger partial charge in [-0.3, -0.25) is 9.59 Å². The van der Waals surface area contributed by atoms with Crippen LogP contribution in [0.3, 0.4) is 0 Å². The molecule has 4 nitrogen and oxygen atoms in total. The number of carboxylic acids is 1. The number of hydrogen-bond donors (Lipinski definition) is 2. The van der Waals surface area contributed by atoms with Crippen molar-refractivity contribution >= 4 is 11.8 Å². The van der Waals surface area contributed by atoms with Crippen molar-refractivity contribution in [3.8, 4) is 0 Å². The predicted molar refractivity (Wildman–Crippen MR) is 49.5 cm³/mol. The van der Waals surface area contributed by atoms with E-state index in [0.717, 1.165) is 12.8 Å². The molecule has 0 aromatic heterocycles. The normalized spacial score (nSPS) is 11.1. The molecule has 0 rings (SSSR count). The summed E-state index contributed by atoms with van der Waals surface area (Å²) in [4.78, 5) is 19.7. The van der Waals surface area contributed by atoms with E-state index in [1.807, 2.05) is 6.92 Å². The summed E-state index contributed by atoms with van der Waals surface area (Å²) in [6.07, 6.45) is 1.29. The molecule has 0 aliphatic carbocycles. The van der Waals surface area contributed by atoms with Gasteiger partial charge in [-0.05, 0) is 20.3 Å². The Balaban J connectivity index is 0. The first-order chi connectivity index (χ1) is 5.91. The van der Waals surface area contributed by atoms with Crippen LogP contribution in [0.1, 0.15) is 40.0 Å². The minimum atomic E-state index is -0.787. The van der Waals surface area contributed by atoms with Crippen molar-refractivity contribution in [2.45, 2.75) is 46.1 Å². The largest absolute Gasteiger partial charge is 0.481 e. The van der Waals surface area contributed by atoms with E-state index in [9.17, 15) is 9.59 Å². The quantitative estimate of drug-likeness (QED) is 0.698. The smallest absolute Gasteiger partial charge is 0.303 e. The lowest BCUT2D eigenvalue weighted by Gasteiger charge is -1.90. The first-order valence-corrected chi connectivity index (χ1v) is 4.32. The Morgan fingerprint density at radius 1 is 1.38 bits per heavy atom. The van der Waals surface area contributed by atoms with E-state index in [-0.39, 0.29) is 5.78 Å². The Hall–Kier alpha value is -0.900. The van der Waals surface area contributed by atoms with Crippen LogP contribution in [0.15, 0.2) is 0 Å². The van der Waals surface area contributed by atoms with Crippen LogP contribution in [0.4, 0.5) is 0 Å². The third kappa shape index (κ3) is 18.2. The van der Waals surface area contributed by atoms with E-state index < -0.39 is 12.1 Å². The second kappa shape index (κ2) is 9.19. The van der Waals surface area contributed by atoms with Gasteiger partial charge in [-0.25, -0.2) is 0 Å². The number of aliphatic carboxylic acids is 1. The molecule has 0 aliphatic rings. The average Bonchev–Trinajstić information content (AvgIpc) is 2.01. The summed E-state index contributed by atoms with van der Waals surface area (Å²) in [6.45, 7) is 4.77. The molecule has 2 N–H and O–H groups in total. The zero-order chi connectivity index (χ0) is 10.9. The number of aliphatic hydroxyl groups excluding tert-OH is 1. The molecule has 4 heteroatoms. The third-order valence-corrected chi connectivity index (χ3v) is 1.33. The summed E-state index contributed by atoms with van der Waals surface area (Å²) in [6, 6.07) is 0. The molecule has 0 fully saturated rings. The van der Waals surface area contributed by atoms with Gasteiger partial charge in [0.25, 0.3) is 0 Å². The fourth-order valence-corrected chi connectivity index (χ4v) is 0.328. The molecule has 0 heterocycles. The van der Waals surface area contributed by atoms with Crippen LogP contribution in [0.2, 0.25) is 0 Å². The molecule has 0 aromatic rings. The maximum atomic E-state index is 9.89. The van der Waals surface area contributed by atoms with Crippen molar-refractivity contribution in [3.05, 3.63) is 0 Å². The number of carbonyl (C=O) groups is 2. The lowest BCUT2D eigenvalue weighted by Crippen LogP contribution is -2.10. The van der Waals surface area contributed by atoms with Crippen LogP contribution >= 0.6 is 0 Å². The minimum absolute atomic E-state index is 0.185. The summed E-state index contributed by atoms with van der Waals surface area (Å²) >= 11 is 0. The maximum absolute atomic E-state index is 9.89. The second-order valence-electron chi connectivity index (χ2n) is 2.78. The van der Waals surface area contributed by atoms with Crippen molar-refractivity contribution in [1.29, 1.82) is 0 Å². The summed E-state index contributed by atoms with van der Waals surface area (Å²) < 4.78 is 0. The number of rotatable bonds is 4. The molecule has 0 aliphatic heterocycles. The third-order valence-electron chi connectivity index (χ3n) is 1.33. The topological polar surface area (TPSA) is 74.6 Å². The highest BCUT2D eigenvalue weighted by molar-refractivity contribution is 5.79. The lowest BCUT2D eigenvalue weighted by molar-refractivity contribution is -0.137. The molecule has 78 valence electrons. The highest BCUT2D eigenvalue weighted by Gasteiger charge is 1.97. The second-order valence-corrected chi connectivity index (χ2v) is 2.78. The zero-order valence-electron chi connectivity index (χ0n) is 8.41. The highest BCUT2D eigenvalue weighted by Crippen LogP contribution is 1.91. The van der Waals surface area contributed by atoms with Gasteiger partial charge in [0.1, 0.15) is 6.10 Å². The van der Waals surface area contributed by atoms with Crippen molar-refractivity contribution in [2.75, 3.05) is 0 Å². The van der Waals surface area contributed by atoms with Crippen molar-refractivity contribution in [2.24, 2.45) is 0 Å². The molecule has 0 saturated carbocycles. The Morgan fingerprint density at radius 2 is 1.77 bits per heavy atom. The lowest BCUT2D eigenvalue weighted by atomic mass is 10.3. The molecular formula is C9H18O4. The number of unbranched alkanes of at least 4 members (excludes halogenated alkanes) is 1. The van der Waals surface area contributed by atoms with Gasteiger partial charge in [0, 0.05) is 6.42 Å². The Kier molecular flexibility index (Phi) is 10.3. The summed E-state index contributed by atoms with van der Waals surface area (Å²) in [7, 11) is 0.